The van der Waals surface area contributed by atoms with Gasteiger partial charge in [-0.2, -0.15) is 0 Å². The molecule has 0 atom stereocenters. The van der Waals surface area contributed by atoms with Crippen molar-refractivity contribution < 1.29 is 9.52 Å². The summed E-state index contributed by atoms with van der Waals surface area (Å²) >= 11 is 0. The summed E-state index contributed by atoms with van der Waals surface area (Å²) in [6, 6.07) is 11.3. The topological polar surface area (TPSA) is 46.3 Å². The molecular weight excluding hydrogens is 226 g/mol. The molecule has 0 saturated heterocycles. The Bertz CT molecular complexity index is 728. The van der Waals surface area contributed by atoms with Crippen LogP contribution in [0.5, 0.6) is 5.75 Å². The van der Waals surface area contributed by atoms with Crippen LogP contribution in [0.2, 0.25) is 0 Å². The van der Waals surface area contributed by atoms with Crippen molar-refractivity contribution in [2.24, 2.45) is 0 Å². The molecule has 0 fully saturated rings. The standard InChI is InChI=1S/C15H13NO2/c1-9-15(18-10(2)16-9)13-4-3-12-8-14(17)6-5-11(12)7-13/h3-8,17H,1-2H3. The third-order valence-corrected chi connectivity index (χ3v) is 2.99. The highest BCUT2D eigenvalue weighted by Crippen LogP contribution is 2.29. The summed E-state index contributed by atoms with van der Waals surface area (Å²) in [6.07, 6.45) is 0. The van der Waals surface area contributed by atoms with Gasteiger partial charge >= 0.3 is 0 Å². The second-order valence-electron chi connectivity index (χ2n) is 4.39. The van der Waals surface area contributed by atoms with E-state index < -0.39 is 0 Å². The third kappa shape index (κ3) is 1.74. The fourth-order valence-corrected chi connectivity index (χ4v) is 2.17. The number of aromatic nitrogens is 1. The molecule has 18 heavy (non-hydrogen) atoms. The Balaban J connectivity index is 2.19. The number of phenols is 1. The van der Waals surface area contributed by atoms with Gasteiger partial charge in [-0.1, -0.05) is 18.2 Å². The molecule has 3 aromatic rings. The number of nitrogens with zero attached hydrogens (tertiary/aromatic N) is 1. The van der Waals surface area contributed by atoms with E-state index >= 15 is 0 Å². The number of aryl methyl sites for hydroxylation is 2. The summed E-state index contributed by atoms with van der Waals surface area (Å²) in [6.45, 7) is 3.78. The van der Waals surface area contributed by atoms with Crippen LogP contribution in [0.4, 0.5) is 0 Å². The van der Waals surface area contributed by atoms with Crippen molar-refractivity contribution in [3.05, 3.63) is 48.0 Å². The normalized spacial score (nSPS) is 11.0. The maximum absolute atomic E-state index is 9.44. The van der Waals surface area contributed by atoms with Crippen LogP contribution < -0.4 is 0 Å². The van der Waals surface area contributed by atoms with Crippen molar-refractivity contribution in [2.75, 3.05) is 0 Å². The van der Waals surface area contributed by atoms with Gasteiger partial charge in [0.25, 0.3) is 0 Å². The zero-order valence-corrected chi connectivity index (χ0v) is 10.3. The molecular formula is C15H13NO2. The van der Waals surface area contributed by atoms with Crippen molar-refractivity contribution in [2.45, 2.75) is 13.8 Å². The minimum absolute atomic E-state index is 0.280. The lowest BCUT2D eigenvalue weighted by atomic mass is 10.0. The summed E-state index contributed by atoms with van der Waals surface area (Å²) in [4.78, 5) is 4.27. The minimum Gasteiger partial charge on any atom is -0.508 e. The van der Waals surface area contributed by atoms with Crippen LogP contribution in [-0.4, -0.2) is 10.1 Å². The van der Waals surface area contributed by atoms with E-state index in [1.54, 1.807) is 12.1 Å². The lowest BCUT2D eigenvalue weighted by Gasteiger charge is -2.02. The predicted molar refractivity (Wildman–Crippen MR) is 70.6 cm³/mol. The van der Waals surface area contributed by atoms with Gasteiger partial charge in [0.1, 0.15) is 5.75 Å². The number of aromatic hydroxyl groups is 1. The minimum atomic E-state index is 0.280. The fraction of sp³-hybridized carbons (Fsp3) is 0.133. The third-order valence-electron chi connectivity index (χ3n) is 2.99. The smallest absolute Gasteiger partial charge is 0.192 e. The van der Waals surface area contributed by atoms with Crippen LogP contribution in [0.3, 0.4) is 0 Å². The van der Waals surface area contributed by atoms with Gasteiger partial charge in [0.2, 0.25) is 0 Å². The SMILES string of the molecule is Cc1nc(C)c(-c2ccc3cc(O)ccc3c2)o1. The number of rotatable bonds is 1. The number of fused-ring (bicyclic) bond motifs is 1. The van der Waals surface area contributed by atoms with Crippen LogP contribution in [0.25, 0.3) is 22.1 Å². The van der Waals surface area contributed by atoms with E-state index in [1.165, 1.54) is 0 Å². The lowest BCUT2D eigenvalue weighted by Crippen LogP contribution is -1.80. The summed E-state index contributed by atoms with van der Waals surface area (Å²) in [7, 11) is 0. The van der Waals surface area contributed by atoms with E-state index in [0.717, 1.165) is 27.8 Å². The molecule has 0 bridgehead atoms. The summed E-state index contributed by atoms with van der Waals surface area (Å²) in [5.41, 5.74) is 1.90. The van der Waals surface area contributed by atoms with Crippen LogP contribution >= 0.6 is 0 Å². The molecule has 0 aliphatic rings. The lowest BCUT2D eigenvalue weighted by molar-refractivity contribution is 0.476. The largest absolute Gasteiger partial charge is 0.508 e. The molecule has 0 saturated carbocycles. The van der Waals surface area contributed by atoms with Crippen molar-refractivity contribution in [3.63, 3.8) is 0 Å². The van der Waals surface area contributed by atoms with Crippen molar-refractivity contribution in [3.8, 4) is 17.1 Å². The van der Waals surface area contributed by atoms with Crippen LogP contribution in [-0.2, 0) is 0 Å². The van der Waals surface area contributed by atoms with Gasteiger partial charge in [0.05, 0.1) is 5.69 Å². The monoisotopic (exact) mass is 239 g/mol. The number of oxazole rings is 1. The molecule has 0 spiro atoms. The summed E-state index contributed by atoms with van der Waals surface area (Å²) in [5, 5.41) is 11.5. The van der Waals surface area contributed by atoms with Gasteiger partial charge in [-0.3, -0.25) is 0 Å². The Morgan fingerprint density at radius 3 is 2.44 bits per heavy atom. The zero-order chi connectivity index (χ0) is 12.7. The first-order valence-electron chi connectivity index (χ1n) is 5.81. The van der Waals surface area contributed by atoms with E-state index in [4.69, 9.17) is 4.42 Å². The first kappa shape index (κ1) is 10.8. The van der Waals surface area contributed by atoms with E-state index in [2.05, 4.69) is 4.98 Å². The number of benzene rings is 2. The van der Waals surface area contributed by atoms with E-state index in [1.807, 2.05) is 38.1 Å². The highest BCUT2D eigenvalue weighted by atomic mass is 16.4. The Labute approximate surface area is 105 Å². The Kier molecular flexibility index (Phi) is 2.33. The second-order valence-corrected chi connectivity index (χ2v) is 4.39. The fourth-order valence-electron chi connectivity index (χ4n) is 2.17. The average molecular weight is 239 g/mol. The zero-order valence-electron chi connectivity index (χ0n) is 10.3. The first-order chi connectivity index (χ1) is 8.63. The van der Waals surface area contributed by atoms with Crippen LogP contribution in [0.15, 0.2) is 40.8 Å². The number of phenolic OH excluding ortho intramolecular Hbond substituents is 1. The van der Waals surface area contributed by atoms with Gasteiger partial charge < -0.3 is 9.52 Å². The Morgan fingerprint density at radius 2 is 1.72 bits per heavy atom. The van der Waals surface area contributed by atoms with Gasteiger partial charge in [-0.05, 0) is 35.9 Å². The van der Waals surface area contributed by atoms with Crippen LogP contribution in [0, 0.1) is 13.8 Å². The quantitative estimate of drug-likeness (QED) is 0.702. The molecule has 3 heteroatoms. The van der Waals surface area contributed by atoms with Crippen molar-refractivity contribution >= 4 is 10.8 Å². The van der Waals surface area contributed by atoms with E-state index in [9.17, 15) is 5.11 Å². The van der Waals surface area contributed by atoms with Gasteiger partial charge in [-0.15, -0.1) is 0 Å². The Hall–Kier alpha value is -2.29. The highest BCUT2D eigenvalue weighted by Gasteiger charge is 2.09. The summed E-state index contributed by atoms with van der Waals surface area (Å²) < 4.78 is 5.61. The van der Waals surface area contributed by atoms with E-state index in [0.29, 0.717) is 5.89 Å². The maximum Gasteiger partial charge on any atom is 0.192 e. The highest BCUT2D eigenvalue weighted by molar-refractivity contribution is 5.87. The van der Waals surface area contributed by atoms with Gasteiger partial charge in [0.15, 0.2) is 11.7 Å². The first-order valence-corrected chi connectivity index (χ1v) is 5.81. The molecule has 0 radical (unpaired) electrons. The van der Waals surface area contributed by atoms with Gasteiger partial charge in [0, 0.05) is 12.5 Å². The average Bonchev–Trinajstić information content (AvgIpc) is 2.68. The van der Waals surface area contributed by atoms with Gasteiger partial charge in [-0.25, -0.2) is 4.98 Å². The molecule has 3 nitrogen and oxygen atoms in total. The molecule has 0 aliphatic heterocycles. The summed E-state index contributed by atoms with van der Waals surface area (Å²) in [5.74, 6) is 1.76. The molecule has 0 amide bonds. The maximum atomic E-state index is 9.44. The predicted octanol–water partition coefficient (Wildman–Crippen LogP) is 3.82. The molecule has 0 aliphatic carbocycles. The molecule has 1 aromatic heterocycles. The molecule has 1 N–H and O–H groups in total. The van der Waals surface area contributed by atoms with E-state index in [-0.39, 0.29) is 5.75 Å². The molecule has 3 rings (SSSR count). The number of hydrogen-bond acceptors (Lipinski definition) is 3. The molecule has 1 heterocycles. The molecule has 2 aromatic carbocycles. The Morgan fingerprint density at radius 1 is 1.00 bits per heavy atom. The second kappa shape index (κ2) is 3.88. The van der Waals surface area contributed by atoms with Crippen molar-refractivity contribution in [1.29, 1.82) is 0 Å². The molecule has 90 valence electrons. The molecule has 0 unspecified atom stereocenters. The van der Waals surface area contributed by atoms with Crippen molar-refractivity contribution in [1.82, 2.24) is 4.98 Å². The number of hydrogen-bond donors (Lipinski definition) is 1. The van der Waals surface area contributed by atoms with Crippen LogP contribution in [0.1, 0.15) is 11.6 Å².